The van der Waals surface area contributed by atoms with Gasteiger partial charge in [-0.05, 0) is 44.2 Å². The summed E-state index contributed by atoms with van der Waals surface area (Å²) in [4.78, 5) is 45.7. The summed E-state index contributed by atoms with van der Waals surface area (Å²) in [6.07, 6.45) is 9.71. The Balaban J connectivity index is 1.26. The van der Waals surface area contributed by atoms with Gasteiger partial charge in [-0.15, -0.1) is 5.10 Å². The molecule has 3 atom stereocenters. The summed E-state index contributed by atoms with van der Waals surface area (Å²) in [7, 11) is 0. The SMILES string of the molecule is CC(=O)c1c([C@@H]2C[C@H]3CC[C@@H](C2)N3C(=O)c2nc[nH]n2)nc2c(-c3ccc(-c4ncccn4)cc3)cnn2c1N. The summed E-state index contributed by atoms with van der Waals surface area (Å²) >= 11 is 0. The third-order valence-corrected chi connectivity index (χ3v) is 8.04. The number of carbonyl (C=O) groups excluding carboxylic acids is 2. The number of H-pyrrole nitrogens is 1. The lowest BCUT2D eigenvalue weighted by molar-refractivity contribution is 0.0556. The van der Waals surface area contributed by atoms with Gasteiger partial charge in [0.25, 0.3) is 5.91 Å². The molecule has 0 aliphatic carbocycles. The molecule has 2 aliphatic rings. The van der Waals surface area contributed by atoms with Gasteiger partial charge in [-0.2, -0.15) is 9.61 Å². The summed E-state index contributed by atoms with van der Waals surface area (Å²) in [5.41, 5.74) is 10.9. The Kier molecular flexibility index (Phi) is 5.61. The van der Waals surface area contributed by atoms with Gasteiger partial charge < -0.3 is 10.6 Å². The molecule has 0 saturated carbocycles. The molecule has 2 fully saturated rings. The standard InChI is InChI=1S/C28H26N10O2/c1-15(39)22-23(18-11-19-7-8-20(12-18)37(19)28(40)26-32-14-33-36-26)35-27-21(13-34-38(27)24(22)29)16-3-5-17(6-4-16)25-30-9-2-10-31-25/h2-6,9-10,13-14,18-20H,7-8,11-12,29H2,1H3,(H,32,33,36)/t18-,19-,20+. The van der Waals surface area contributed by atoms with Crippen molar-refractivity contribution in [1.29, 1.82) is 0 Å². The van der Waals surface area contributed by atoms with Crippen LogP contribution in [0.15, 0.2) is 55.2 Å². The van der Waals surface area contributed by atoms with E-state index in [0.29, 0.717) is 35.6 Å². The van der Waals surface area contributed by atoms with Gasteiger partial charge in [0.1, 0.15) is 12.1 Å². The Morgan fingerprint density at radius 3 is 2.35 bits per heavy atom. The first-order valence-electron chi connectivity index (χ1n) is 13.2. The number of carbonyl (C=O) groups is 2. The molecule has 2 bridgehead atoms. The van der Waals surface area contributed by atoms with E-state index in [0.717, 1.165) is 29.5 Å². The van der Waals surface area contributed by atoms with Crippen LogP contribution in [0.4, 0.5) is 5.82 Å². The highest BCUT2D eigenvalue weighted by Gasteiger charge is 2.46. The van der Waals surface area contributed by atoms with Gasteiger partial charge >= 0.3 is 0 Å². The highest BCUT2D eigenvalue weighted by molar-refractivity contribution is 6.00. The topological polar surface area (TPSA) is 161 Å². The molecule has 200 valence electrons. The molecule has 2 aliphatic heterocycles. The Bertz CT molecular complexity index is 1720. The van der Waals surface area contributed by atoms with E-state index in [1.807, 2.05) is 29.2 Å². The third kappa shape index (κ3) is 3.82. The number of amides is 1. The van der Waals surface area contributed by atoms with Crippen LogP contribution in [-0.2, 0) is 0 Å². The predicted molar refractivity (Wildman–Crippen MR) is 145 cm³/mol. The van der Waals surface area contributed by atoms with E-state index in [9.17, 15) is 9.59 Å². The second-order valence-corrected chi connectivity index (χ2v) is 10.3. The zero-order valence-corrected chi connectivity index (χ0v) is 21.7. The number of hydrogen-bond acceptors (Lipinski definition) is 9. The van der Waals surface area contributed by atoms with Crippen LogP contribution in [0.25, 0.3) is 28.2 Å². The molecule has 0 radical (unpaired) electrons. The lowest BCUT2D eigenvalue weighted by Gasteiger charge is -2.38. The van der Waals surface area contributed by atoms with E-state index in [2.05, 4.69) is 30.2 Å². The van der Waals surface area contributed by atoms with Crippen LogP contribution in [0.1, 0.15) is 65.2 Å². The van der Waals surface area contributed by atoms with Gasteiger partial charge in [0, 0.05) is 41.5 Å². The van der Waals surface area contributed by atoms with E-state index in [1.165, 1.54) is 13.3 Å². The second-order valence-electron chi connectivity index (χ2n) is 10.3. The predicted octanol–water partition coefficient (Wildman–Crippen LogP) is 3.31. The highest BCUT2D eigenvalue weighted by atomic mass is 16.2. The zero-order valence-electron chi connectivity index (χ0n) is 21.7. The number of Topliss-reactive ketones (excluding diaryl/α,β-unsaturated/α-hetero) is 1. The summed E-state index contributed by atoms with van der Waals surface area (Å²) in [5.74, 6) is 0.756. The fraction of sp³-hybridized carbons (Fsp3) is 0.286. The Hall–Kier alpha value is -5.00. The summed E-state index contributed by atoms with van der Waals surface area (Å²) in [6.45, 7) is 1.51. The molecule has 40 heavy (non-hydrogen) atoms. The van der Waals surface area contributed by atoms with Crippen molar-refractivity contribution in [3.63, 3.8) is 0 Å². The minimum atomic E-state index is -0.163. The van der Waals surface area contributed by atoms with Gasteiger partial charge in [0.05, 0.1) is 17.5 Å². The smallest absolute Gasteiger partial charge is 0.294 e. The van der Waals surface area contributed by atoms with Crippen molar-refractivity contribution in [2.24, 2.45) is 0 Å². The van der Waals surface area contributed by atoms with Crippen LogP contribution in [0, 0.1) is 0 Å². The van der Waals surface area contributed by atoms with Crippen LogP contribution in [0.2, 0.25) is 0 Å². The summed E-state index contributed by atoms with van der Waals surface area (Å²) in [5, 5.41) is 11.1. The number of benzene rings is 1. The first kappa shape index (κ1) is 24.1. The lowest BCUT2D eigenvalue weighted by atomic mass is 9.85. The minimum Gasteiger partial charge on any atom is -0.383 e. The molecule has 6 heterocycles. The maximum absolute atomic E-state index is 13.1. The number of nitrogen functional groups attached to an aromatic ring is 1. The molecular formula is C28H26N10O2. The van der Waals surface area contributed by atoms with Crippen molar-refractivity contribution >= 4 is 23.2 Å². The molecule has 1 aromatic carbocycles. The molecular weight excluding hydrogens is 508 g/mol. The van der Waals surface area contributed by atoms with E-state index < -0.39 is 0 Å². The van der Waals surface area contributed by atoms with Crippen molar-refractivity contribution in [2.45, 2.75) is 50.6 Å². The highest BCUT2D eigenvalue weighted by Crippen LogP contribution is 2.45. The van der Waals surface area contributed by atoms with E-state index in [4.69, 9.17) is 10.7 Å². The number of rotatable bonds is 5. The Morgan fingerprint density at radius 2 is 1.70 bits per heavy atom. The maximum Gasteiger partial charge on any atom is 0.294 e. The number of anilines is 1. The molecule has 12 nitrogen and oxygen atoms in total. The third-order valence-electron chi connectivity index (χ3n) is 8.04. The number of piperidine rings is 1. The fourth-order valence-corrected chi connectivity index (χ4v) is 6.30. The Labute approximate surface area is 228 Å². The minimum absolute atomic E-state index is 0.0194. The fourth-order valence-electron chi connectivity index (χ4n) is 6.30. The molecule has 12 heteroatoms. The second kappa shape index (κ2) is 9.33. The molecule has 2 saturated heterocycles. The van der Waals surface area contributed by atoms with Crippen LogP contribution < -0.4 is 5.73 Å². The van der Waals surface area contributed by atoms with E-state index >= 15 is 0 Å². The monoisotopic (exact) mass is 534 g/mol. The van der Waals surface area contributed by atoms with Gasteiger partial charge in [-0.25, -0.2) is 19.9 Å². The van der Waals surface area contributed by atoms with Crippen molar-refractivity contribution in [3.8, 4) is 22.5 Å². The first-order chi connectivity index (χ1) is 19.5. The van der Waals surface area contributed by atoms with Crippen molar-refractivity contribution in [3.05, 3.63) is 72.3 Å². The largest absolute Gasteiger partial charge is 0.383 e. The number of nitrogens with two attached hydrogens (primary N) is 1. The van der Waals surface area contributed by atoms with Gasteiger partial charge in [-0.3, -0.25) is 14.7 Å². The Morgan fingerprint density at radius 1 is 1.00 bits per heavy atom. The van der Waals surface area contributed by atoms with E-state index in [-0.39, 0.29) is 41.3 Å². The normalized spacial score (nSPS) is 20.2. The van der Waals surface area contributed by atoms with Gasteiger partial charge in [-0.1, -0.05) is 24.3 Å². The van der Waals surface area contributed by atoms with Crippen LogP contribution in [-0.4, -0.2) is 68.4 Å². The first-order valence-corrected chi connectivity index (χ1v) is 13.2. The number of ketones is 1. The molecule has 4 aromatic heterocycles. The summed E-state index contributed by atoms with van der Waals surface area (Å²) < 4.78 is 1.54. The number of fused-ring (bicyclic) bond motifs is 3. The molecule has 3 N–H and O–H groups in total. The number of nitrogens with zero attached hydrogens (tertiary/aromatic N) is 8. The van der Waals surface area contributed by atoms with Gasteiger partial charge in [0.15, 0.2) is 17.3 Å². The van der Waals surface area contributed by atoms with Crippen LogP contribution >= 0.6 is 0 Å². The van der Waals surface area contributed by atoms with Crippen molar-refractivity contribution in [2.75, 3.05) is 5.73 Å². The molecule has 1 amide bonds. The lowest BCUT2D eigenvalue weighted by Crippen LogP contribution is -2.46. The van der Waals surface area contributed by atoms with Gasteiger partial charge in [0.2, 0.25) is 5.82 Å². The molecule has 5 aromatic rings. The number of nitrogens with one attached hydrogen (secondary N) is 1. The molecule has 0 unspecified atom stereocenters. The average Bonchev–Trinajstić information content (AvgIpc) is 3.71. The summed E-state index contributed by atoms with van der Waals surface area (Å²) in [6, 6.07) is 9.70. The maximum atomic E-state index is 13.1. The van der Waals surface area contributed by atoms with Crippen LogP contribution in [0.5, 0.6) is 0 Å². The van der Waals surface area contributed by atoms with Crippen LogP contribution in [0.3, 0.4) is 0 Å². The number of aromatic amines is 1. The molecule has 7 rings (SSSR count). The molecule has 0 spiro atoms. The van der Waals surface area contributed by atoms with Crippen molar-refractivity contribution in [1.82, 2.24) is 44.6 Å². The quantitative estimate of drug-likeness (QED) is 0.322. The number of aromatic nitrogens is 8. The zero-order chi connectivity index (χ0) is 27.4. The van der Waals surface area contributed by atoms with Crippen molar-refractivity contribution < 1.29 is 9.59 Å². The van der Waals surface area contributed by atoms with E-state index in [1.54, 1.807) is 29.2 Å². The average molecular weight is 535 g/mol. The number of hydrogen-bond donors (Lipinski definition) is 2.